The molecule has 0 aliphatic rings. The Bertz CT molecular complexity index is 1750. The Morgan fingerprint density at radius 2 is 0.821 bits per heavy atom. The molecule has 0 bridgehead atoms. The summed E-state index contributed by atoms with van der Waals surface area (Å²) in [6.07, 6.45) is 78.8. The number of rotatable bonds is 55. The Morgan fingerprint density at radius 1 is 0.462 bits per heavy atom. The van der Waals surface area contributed by atoms with Crippen LogP contribution in [-0.2, 0) is 27.9 Å². The molecule has 446 valence electrons. The van der Waals surface area contributed by atoms with E-state index in [0.29, 0.717) is 23.9 Å². The lowest BCUT2D eigenvalue weighted by Crippen LogP contribution is -2.47. The number of amides is 1. The van der Waals surface area contributed by atoms with Crippen LogP contribution in [0.5, 0.6) is 0 Å². The van der Waals surface area contributed by atoms with Crippen molar-refractivity contribution in [3.63, 3.8) is 0 Å². The van der Waals surface area contributed by atoms with Crippen molar-refractivity contribution < 1.29 is 37.3 Å². The summed E-state index contributed by atoms with van der Waals surface area (Å²) >= 11 is 0. The Hall–Kier alpha value is -3.59. The summed E-state index contributed by atoms with van der Waals surface area (Å²) in [5, 5.41) is 3.00. The number of ether oxygens (including phenoxy) is 1. The summed E-state index contributed by atoms with van der Waals surface area (Å²) in [6, 6.07) is -0.926. The van der Waals surface area contributed by atoms with E-state index in [0.717, 1.165) is 122 Å². The Labute approximate surface area is 480 Å². The van der Waals surface area contributed by atoms with Crippen molar-refractivity contribution in [1.82, 2.24) is 5.32 Å². The van der Waals surface area contributed by atoms with Gasteiger partial charge in [-0.05, 0) is 122 Å². The number of phosphoric ester groups is 1. The molecular weight excluding hydrogens is 988 g/mol. The third-order valence-corrected chi connectivity index (χ3v) is 14.1. The smallest absolute Gasteiger partial charge is 0.306 e. The fraction of sp³-hybridized carbons (Fsp3) is 0.676. The molecule has 0 aliphatic carbocycles. The van der Waals surface area contributed by atoms with Crippen LogP contribution >= 0.6 is 7.82 Å². The van der Waals surface area contributed by atoms with Gasteiger partial charge in [-0.15, -0.1) is 0 Å². The number of nitrogens with zero attached hydrogens (tertiary/aromatic N) is 1. The van der Waals surface area contributed by atoms with Crippen molar-refractivity contribution in [2.24, 2.45) is 0 Å². The molecule has 78 heavy (non-hydrogen) atoms. The van der Waals surface area contributed by atoms with E-state index in [9.17, 15) is 19.0 Å². The Balaban J connectivity index is 5.37. The molecule has 1 N–H and O–H groups in total. The molecule has 3 atom stereocenters. The van der Waals surface area contributed by atoms with E-state index in [2.05, 4.69) is 135 Å². The van der Waals surface area contributed by atoms with E-state index in [-0.39, 0.29) is 31.3 Å². The molecule has 0 heterocycles. The topological polar surface area (TPSA) is 114 Å². The van der Waals surface area contributed by atoms with Crippen LogP contribution in [-0.4, -0.2) is 69.4 Å². The van der Waals surface area contributed by atoms with Crippen molar-refractivity contribution in [2.75, 3.05) is 40.9 Å². The summed E-state index contributed by atoms with van der Waals surface area (Å²) in [7, 11) is 1.13. The second-order valence-electron chi connectivity index (χ2n) is 21.8. The van der Waals surface area contributed by atoms with Crippen molar-refractivity contribution in [3.8, 4) is 0 Å². The summed E-state index contributed by atoms with van der Waals surface area (Å²) in [6.45, 7) is 6.64. The highest BCUT2D eigenvalue weighted by Gasteiger charge is 2.27. The van der Waals surface area contributed by atoms with Crippen LogP contribution in [0, 0.1) is 0 Å². The first-order valence-electron chi connectivity index (χ1n) is 31.3. The third-order valence-electron chi connectivity index (χ3n) is 13.1. The van der Waals surface area contributed by atoms with Gasteiger partial charge in [0.15, 0.2) is 0 Å². The number of allylic oxidation sites excluding steroid dienone is 19. The molecule has 0 aromatic heterocycles. The molecule has 0 aromatic rings. The molecule has 0 rings (SSSR count). The van der Waals surface area contributed by atoms with E-state index in [1.807, 2.05) is 33.3 Å². The quantitative estimate of drug-likeness (QED) is 0.0212. The van der Waals surface area contributed by atoms with Gasteiger partial charge in [0, 0.05) is 12.8 Å². The molecule has 0 fully saturated rings. The van der Waals surface area contributed by atoms with E-state index in [4.69, 9.17) is 13.8 Å². The largest absolute Gasteiger partial charge is 0.756 e. The Morgan fingerprint density at radius 3 is 1.27 bits per heavy atom. The highest BCUT2D eigenvalue weighted by Crippen LogP contribution is 2.38. The molecule has 10 heteroatoms. The number of likely N-dealkylation sites (N-methyl/N-ethyl adjacent to an activating group) is 1. The summed E-state index contributed by atoms with van der Waals surface area (Å²) < 4.78 is 30.3. The SMILES string of the molecule is CC/C=C\C/C=C\C/C=C\C/C=C\C/C=C\C/C=C\CCCCC(=O)NC(COP(=O)([O-])OCC[N+](C)(C)C)C(/C=C/CCCCCCCCCCCC)OC(=O)CCCCCCCC/C=C\C/C=C\C/C=C\CCCCC. The van der Waals surface area contributed by atoms with Crippen LogP contribution in [0.2, 0.25) is 0 Å². The molecule has 0 spiro atoms. The average Bonchev–Trinajstić information content (AvgIpc) is 3.40. The molecule has 3 unspecified atom stereocenters. The lowest BCUT2D eigenvalue weighted by molar-refractivity contribution is -0.870. The summed E-state index contributed by atoms with van der Waals surface area (Å²) in [5.41, 5.74) is 0. The summed E-state index contributed by atoms with van der Waals surface area (Å²) in [4.78, 5) is 40.0. The molecule has 1 amide bonds. The van der Waals surface area contributed by atoms with E-state index in [1.54, 1.807) is 0 Å². The first-order chi connectivity index (χ1) is 37.9. The molecular formula is C68H117N2O7P. The van der Waals surface area contributed by atoms with Crippen molar-refractivity contribution >= 4 is 19.7 Å². The predicted octanol–water partition coefficient (Wildman–Crippen LogP) is 18.9. The molecule has 0 aliphatic heterocycles. The average molecular weight is 1110 g/mol. The number of esters is 1. The minimum absolute atomic E-state index is 0.0398. The molecule has 0 aromatic carbocycles. The minimum atomic E-state index is -4.72. The highest BCUT2D eigenvalue weighted by atomic mass is 31.2. The number of phosphoric acid groups is 1. The molecule has 0 radical (unpaired) electrons. The van der Waals surface area contributed by atoms with Gasteiger partial charge in [0.05, 0.1) is 33.8 Å². The van der Waals surface area contributed by atoms with Gasteiger partial charge in [-0.3, -0.25) is 14.2 Å². The second kappa shape index (κ2) is 56.7. The van der Waals surface area contributed by atoms with Crippen LogP contribution in [0.4, 0.5) is 0 Å². The number of quaternary nitrogens is 1. The van der Waals surface area contributed by atoms with Crippen LogP contribution in [0.3, 0.4) is 0 Å². The predicted molar refractivity (Wildman–Crippen MR) is 334 cm³/mol. The van der Waals surface area contributed by atoms with Gasteiger partial charge in [0.1, 0.15) is 19.3 Å². The monoisotopic (exact) mass is 1100 g/mol. The number of nitrogens with one attached hydrogen (secondary N) is 1. The van der Waals surface area contributed by atoms with Crippen molar-refractivity contribution in [3.05, 3.63) is 122 Å². The second-order valence-corrected chi connectivity index (χ2v) is 23.2. The first-order valence-corrected chi connectivity index (χ1v) is 32.8. The van der Waals surface area contributed by atoms with Crippen molar-refractivity contribution in [1.29, 1.82) is 0 Å². The molecule has 0 saturated carbocycles. The zero-order valence-electron chi connectivity index (χ0n) is 50.8. The molecule has 9 nitrogen and oxygen atoms in total. The van der Waals surface area contributed by atoms with Crippen LogP contribution in [0.25, 0.3) is 0 Å². The number of unbranched alkanes of at least 4 members (excludes halogenated alkanes) is 21. The number of hydrogen-bond acceptors (Lipinski definition) is 7. The van der Waals surface area contributed by atoms with Crippen LogP contribution < -0.4 is 10.2 Å². The van der Waals surface area contributed by atoms with Crippen molar-refractivity contribution in [2.45, 2.75) is 258 Å². The molecule has 0 saturated heterocycles. The lowest BCUT2D eigenvalue weighted by Gasteiger charge is -2.30. The number of hydrogen-bond donors (Lipinski definition) is 1. The van der Waals surface area contributed by atoms with Crippen LogP contribution in [0.1, 0.15) is 245 Å². The van der Waals surface area contributed by atoms with E-state index < -0.39 is 26.6 Å². The number of carbonyl (C=O) groups is 2. The Kier molecular flexibility index (Phi) is 54.1. The van der Waals surface area contributed by atoms with Gasteiger partial charge in [-0.2, -0.15) is 0 Å². The van der Waals surface area contributed by atoms with Gasteiger partial charge >= 0.3 is 5.97 Å². The highest BCUT2D eigenvalue weighted by molar-refractivity contribution is 7.45. The van der Waals surface area contributed by atoms with E-state index in [1.165, 1.54) is 77.0 Å². The van der Waals surface area contributed by atoms with Gasteiger partial charge in [0.25, 0.3) is 7.82 Å². The van der Waals surface area contributed by atoms with E-state index >= 15 is 0 Å². The van der Waals surface area contributed by atoms with Gasteiger partial charge < -0.3 is 28.5 Å². The third kappa shape index (κ3) is 57.1. The minimum Gasteiger partial charge on any atom is -0.756 e. The first kappa shape index (κ1) is 74.4. The maximum Gasteiger partial charge on any atom is 0.306 e. The fourth-order valence-electron chi connectivity index (χ4n) is 8.30. The fourth-order valence-corrected chi connectivity index (χ4v) is 9.02. The zero-order valence-corrected chi connectivity index (χ0v) is 51.7. The maximum atomic E-state index is 13.5. The van der Waals surface area contributed by atoms with Gasteiger partial charge in [-0.25, -0.2) is 0 Å². The van der Waals surface area contributed by atoms with Crippen LogP contribution in [0.15, 0.2) is 122 Å². The lowest BCUT2D eigenvalue weighted by atomic mass is 10.1. The van der Waals surface area contributed by atoms with Gasteiger partial charge in [0.2, 0.25) is 5.91 Å². The van der Waals surface area contributed by atoms with Gasteiger partial charge in [-0.1, -0.05) is 233 Å². The summed E-state index contributed by atoms with van der Waals surface area (Å²) in [5.74, 6) is -0.614. The standard InChI is InChI=1S/C68H117N2O7P/c1-7-10-13-16-19-22-25-28-30-32-34-35-37-38-40-42-45-48-51-54-57-60-67(71)69-65(64-76-78(73,74)75-63-62-70(4,5)6)66(59-56-53-50-47-44-27-24-21-18-15-12-9-3)77-68(72)61-58-55-52-49-46-43-41-39-36-33-31-29-26-23-20-17-14-11-8-2/h10,13,19-20,22-23,28-31,34-36,38-40,45,48,56,59,65-66H,7-9,11-12,14-18,21,24-27,32-33,37,41-44,46-47,49-55,57-58,60-64H2,1-6H3,(H-,69,71,73,74)/b13-10-,22-19-,23-20-,30-28-,31-29-,35-34-,39-36-,40-38-,48-45-,59-56+. The number of carbonyl (C=O) groups excluding carboxylic acids is 2. The maximum absolute atomic E-state index is 13.5. The zero-order chi connectivity index (χ0) is 57.2. The normalized spacial score (nSPS) is 14.5.